The quantitative estimate of drug-likeness (QED) is 0.515. The highest BCUT2D eigenvalue weighted by Gasteiger charge is 2.08. The van der Waals surface area contributed by atoms with Crippen LogP contribution in [0, 0.1) is 0 Å². The van der Waals surface area contributed by atoms with Gasteiger partial charge in [-0.15, -0.1) is 23.2 Å². The summed E-state index contributed by atoms with van der Waals surface area (Å²) >= 11 is 23.3. The predicted octanol–water partition coefficient (Wildman–Crippen LogP) is 4.50. The second kappa shape index (κ2) is 9.24. The van der Waals surface area contributed by atoms with Crippen LogP contribution in [0.3, 0.4) is 0 Å². The van der Waals surface area contributed by atoms with Gasteiger partial charge in [0.2, 0.25) is 0 Å². The van der Waals surface area contributed by atoms with E-state index in [0.29, 0.717) is 48.2 Å². The van der Waals surface area contributed by atoms with Crippen LogP contribution in [0.1, 0.15) is 11.1 Å². The molecule has 0 N–H and O–H groups in total. The van der Waals surface area contributed by atoms with Crippen molar-refractivity contribution in [2.45, 2.75) is 13.2 Å². The van der Waals surface area contributed by atoms with Gasteiger partial charge in [-0.1, -0.05) is 23.2 Å². The van der Waals surface area contributed by atoms with Crippen LogP contribution in [0.4, 0.5) is 0 Å². The molecule has 1 aromatic rings. The lowest BCUT2D eigenvalue weighted by Gasteiger charge is -2.10. The SMILES string of the molecule is ClCCOCc1cc(Cl)c(COCCCl)cc1Cl. The molecule has 0 heterocycles. The van der Waals surface area contributed by atoms with Gasteiger partial charge in [-0.3, -0.25) is 0 Å². The number of ether oxygens (including phenoxy) is 2. The minimum atomic E-state index is 0.397. The second-order valence-electron chi connectivity index (χ2n) is 3.52. The van der Waals surface area contributed by atoms with Crippen molar-refractivity contribution in [1.82, 2.24) is 0 Å². The fraction of sp³-hybridized carbons (Fsp3) is 0.500. The molecule has 0 unspecified atom stereocenters. The largest absolute Gasteiger partial charge is 0.375 e. The summed E-state index contributed by atoms with van der Waals surface area (Å²) in [7, 11) is 0. The van der Waals surface area contributed by atoms with E-state index in [4.69, 9.17) is 55.9 Å². The first kappa shape index (κ1) is 16.4. The molecule has 0 aromatic heterocycles. The number of alkyl halides is 2. The van der Waals surface area contributed by atoms with E-state index in [0.717, 1.165) is 11.1 Å². The highest BCUT2D eigenvalue weighted by Crippen LogP contribution is 2.26. The Morgan fingerprint density at radius 1 is 0.778 bits per heavy atom. The van der Waals surface area contributed by atoms with Crippen LogP contribution in [-0.2, 0) is 22.7 Å². The van der Waals surface area contributed by atoms with Gasteiger partial charge in [0.15, 0.2) is 0 Å². The van der Waals surface area contributed by atoms with E-state index >= 15 is 0 Å². The minimum Gasteiger partial charge on any atom is -0.375 e. The van der Waals surface area contributed by atoms with E-state index in [1.54, 1.807) is 12.1 Å². The number of hydrogen-bond donors (Lipinski definition) is 0. The summed E-state index contributed by atoms with van der Waals surface area (Å²) in [5, 5.41) is 1.22. The van der Waals surface area contributed by atoms with Gasteiger partial charge in [0.1, 0.15) is 0 Å². The summed E-state index contributed by atoms with van der Waals surface area (Å²) in [6.45, 7) is 1.76. The summed E-state index contributed by atoms with van der Waals surface area (Å²) in [6.07, 6.45) is 0. The first-order valence-corrected chi connectivity index (χ1v) is 7.25. The van der Waals surface area contributed by atoms with Gasteiger partial charge in [-0.2, -0.15) is 0 Å². The zero-order chi connectivity index (χ0) is 13.4. The molecule has 1 rings (SSSR count). The van der Waals surface area contributed by atoms with Crippen molar-refractivity contribution >= 4 is 46.4 Å². The number of halogens is 4. The van der Waals surface area contributed by atoms with Crippen molar-refractivity contribution in [2.75, 3.05) is 25.0 Å². The Hall–Kier alpha value is 0.300. The topological polar surface area (TPSA) is 18.5 Å². The van der Waals surface area contributed by atoms with Crippen molar-refractivity contribution in [3.63, 3.8) is 0 Å². The Balaban J connectivity index is 2.64. The molecular formula is C12H14Cl4O2. The van der Waals surface area contributed by atoms with Crippen LogP contribution < -0.4 is 0 Å². The molecule has 0 fully saturated rings. The van der Waals surface area contributed by atoms with Crippen molar-refractivity contribution < 1.29 is 9.47 Å². The normalized spacial score (nSPS) is 10.9. The molecule has 0 aliphatic carbocycles. The van der Waals surface area contributed by atoms with Crippen molar-refractivity contribution in [3.05, 3.63) is 33.3 Å². The average molecular weight is 332 g/mol. The lowest BCUT2D eigenvalue weighted by atomic mass is 10.1. The van der Waals surface area contributed by atoms with Crippen LogP contribution >= 0.6 is 46.4 Å². The fourth-order valence-electron chi connectivity index (χ4n) is 1.32. The summed E-state index contributed by atoms with van der Waals surface area (Å²) < 4.78 is 10.6. The molecule has 1 aromatic carbocycles. The molecule has 0 bridgehead atoms. The summed E-state index contributed by atoms with van der Waals surface area (Å²) in [5.74, 6) is 0.908. The van der Waals surface area contributed by atoms with Crippen molar-refractivity contribution in [2.24, 2.45) is 0 Å². The molecule has 2 nitrogen and oxygen atoms in total. The minimum absolute atomic E-state index is 0.397. The lowest BCUT2D eigenvalue weighted by Crippen LogP contribution is -2.00. The first-order chi connectivity index (χ1) is 8.69. The van der Waals surface area contributed by atoms with Gasteiger partial charge in [-0.25, -0.2) is 0 Å². The number of hydrogen-bond acceptors (Lipinski definition) is 2. The van der Waals surface area contributed by atoms with E-state index in [1.807, 2.05) is 0 Å². The van der Waals surface area contributed by atoms with Crippen LogP contribution in [0.15, 0.2) is 12.1 Å². The van der Waals surface area contributed by atoms with Gasteiger partial charge in [0.25, 0.3) is 0 Å². The molecule has 0 aliphatic heterocycles. The third-order valence-corrected chi connectivity index (χ3v) is 3.19. The highest BCUT2D eigenvalue weighted by molar-refractivity contribution is 6.34. The molecule has 0 aliphatic rings. The maximum Gasteiger partial charge on any atom is 0.0732 e. The summed E-state index contributed by atoms with van der Waals surface area (Å²) in [5.41, 5.74) is 1.68. The highest BCUT2D eigenvalue weighted by atomic mass is 35.5. The Morgan fingerprint density at radius 3 is 1.50 bits per heavy atom. The maximum absolute atomic E-state index is 6.14. The molecule has 6 heteroatoms. The van der Waals surface area contributed by atoms with Crippen molar-refractivity contribution in [3.8, 4) is 0 Å². The van der Waals surface area contributed by atoms with Crippen molar-refractivity contribution in [1.29, 1.82) is 0 Å². The Morgan fingerprint density at radius 2 is 1.17 bits per heavy atom. The molecule has 0 atom stereocenters. The lowest BCUT2D eigenvalue weighted by molar-refractivity contribution is 0.133. The zero-order valence-electron chi connectivity index (χ0n) is 9.73. The third kappa shape index (κ3) is 5.52. The van der Waals surface area contributed by atoms with Crippen LogP contribution in [-0.4, -0.2) is 25.0 Å². The molecular weight excluding hydrogens is 318 g/mol. The molecule has 0 saturated heterocycles. The van der Waals surface area contributed by atoms with Crippen LogP contribution in [0.5, 0.6) is 0 Å². The van der Waals surface area contributed by atoms with Gasteiger partial charge >= 0.3 is 0 Å². The standard InChI is InChI=1S/C12H14Cl4O2/c13-1-3-17-7-9-5-12(16)10(6-11(9)15)8-18-4-2-14/h5-6H,1-4,7-8H2. The molecule has 0 amide bonds. The summed E-state index contributed by atoms with van der Waals surface area (Å²) in [6, 6.07) is 3.58. The Bertz CT molecular complexity index is 336. The first-order valence-electron chi connectivity index (χ1n) is 5.43. The molecule has 18 heavy (non-hydrogen) atoms. The fourth-order valence-corrected chi connectivity index (χ4v) is 2.02. The van der Waals surface area contributed by atoms with Gasteiger partial charge in [0, 0.05) is 21.8 Å². The van der Waals surface area contributed by atoms with E-state index < -0.39 is 0 Å². The smallest absolute Gasteiger partial charge is 0.0732 e. The van der Waals surface area contributed by atoms with E-state index in [1.165, 1.54) is 0 Å². The number of benzene rings is 1. The summed E-state index contributed by atoms with van der Waals surface area (Å²) in [4.78, 5) is 0. The van der Waals surface area contributed by atoms with Gasteiger partial charge in [0.05, 0.1) is 26.4 Å². The maximum atomic E-state index is 6.14. The average Bonchev–Trinajstić information content (AvgIpc) is 2.35. The Labute approximate surface area is 127 Å². The Kier molecular flexibility index (Phi) is 8.40. The van der Waals surface area contributed by atoms with Gasteiger partial charge in [-0.05, 0) is 23.3 Å². The van der Waals surface area contributed by atoms with E-state index in [2.05, 4.69) is 0 Å². The van der Waals surface area contributed by atoms with Crippen LogP contribution in [0.2, 0.25) is 10.0 Å². The van der Waals surface area contributed by atoms with E-state index in [9.17, 15) is 0 Å². The zero-order valence-corrected chi connectivity index (χ0v) is 12.7. The van der Waals surface area contributed by atoms with Crippen LogP contribution in [0.25, 0.3) is 0 Å². The molecule has 102 valence electrons. The second-order valence-corrected chi connectivity index (χ2v) is 5.09. The number of rotatable bonds is 8. The monoisotopic (exact) mass is 330 g/mol. The third-order valence-electron chi connectivity index (χ3n) is 2.17. The molecule has 0 saturated carbocycles. The molecule has 0 radical (unpaired) electrons. The van der Waals surface area contributed by atoms with Gasteiger partial charge < -0.3 is 9.47 Å². The molecule has 0 spiro atoms. The van der Waals surface area contributed by atoms with E-state index in [-0.39, 0.29) is 0 Å². The predicted molar refractivity (Wildman–Crippen MR) is 77.2 cm³/mol.